The Hall–Kier alpha value is -4.26. The number of para-hydroxylation sites is 1. The van der Waals surface area contributed by atoms with Crippen LogP contribution in [-0.2, 0) is 22.6 Å². The minimum atomic E-state index is -0.563. The third-order valence-electron chi connectivity index (χ3n) is 8.07. The predicted molar refractivity (Wildman–Crippen MR) is 143 cm³/mol. The van der Waals surface area contributed by atoms with Gasteiger partial charge in [-0.1, -0.05) is 62.4 Å². The number of rotatable bonds is 4. The van der Waals surface area contributed by atoms with Gasteiger partial charge in [0.05, 0.1) is 6.04 Å². The Kier molecular flexibility index (Phi) is 5.21. The monoisotopic (exact) mass is 507 g/mol. The highest BCUT2D eigenvalue weighted by Crippen LogP contribution is 2.43. The van der Waals surface area contributed by atoms with Crippen LogP contribution in [0.3, 0.4) is 0 Å². The maximum Gasteiger partial charge on any atom is 0.246 e. The lowest BCUT2D eigenvalue weighted by atomic mass is 9.85. The van der Waals surface area contributed by atoms with E-state index in [-0.39, 0.29) is 31.2 Å². The van der Waals surface area contributed by atoms with Crippen LogP contribution < -0.4 is 9.47 Å². The molecule has 2 unspecified atom stereocenters. The molecular formula is C31H29N3O4. The summed E-state index contributed by atoms with van der Waals surface area (Å²) in [4.78, 5) is 34.9. The van der Waals surface area contributed by atoms with Crippen molar-refractivity contribution in [3.8, 4) is 11.5 Å². The summed E-state index contributed by atoms with van der Waals surface area (Å²) in [5.74, 6) is 1.71. The fourth-order valence-corrected chi connectivity index (χ4v) is 6.13. The summed E-state index contributed by atoms with van der Waals surface area (Å²) in [6.45, 7) is 4.93. The van der Waals surface area contributed by atoms with E-state index in [1.54, 1.807) is 4.90 Å². The highest BCUT2D eigenvalue weighted by atomic mass is 16.7. The second kappa shape index (κ2) is 8.65. The number of aromatic nitrogens is 1. The highest BCUT2D eigenvalue weighted by molar-refractivity contribution is 5.97. The molecule has 3 aromatic carbocycles. The van der Waals surface area contributed by atoms with Gasteiger partial charge in [-0.05, 0) is 46.4 Å². The van der Waals surface area contributed by atoms with Gasteiger partial charge < -0.3 is 24.3 Å². The van der Waals surface area contributed by atoms with Gasteiger partial charge in [-0.25, -0.2) is 0 Å². The van der Waals surface area contributed by atoms with Crippen LogP contribution in [0.2, 0.25) is 0 Å². The summed E-state index contributed by atoms with van der Waals surface area (Å²) in [6, 6.07) is 21.4. The Morgan fingerprint density at radius 3 is 2.58 bits per heavy atom. The zero-order chi connectivity index (χ0) is 26.0. The Labute approximate surface area is 221 Å². The van der Waals surface area contributed by atoms with Gasteiger partial charge in [0.2, 0.25) is 18.6 Å². The van der Waals surface area contributed by atoms with Crippen molar-refractivity contribution in [1.29, 1.82) is 0 Å². The lowest BCUT2D eigenvalue weighted by Crippen LogP contribution is -2.62. The molecule has 0 saturated carbocycles. The van der Waals surface area contributed by atoms with Crippen LogP contribution in [0.5, 0.6) is 11.5 Å². The Bertz CT molecular complexity index is 1570. The number of amides is 2. The summed E-state index contributed by atoms with van der Waals surface area (Å²) < 4.78 is 10.9. The first-order valence-electron chi connectivity index (χ1n) is 13.2. The summed E-state index contributed by atoms with van der Waals surface area (Å²) in [7, 11) is 0. The highest BCUT2D eigenvalue weighted by Gasteiger charge is 2.48. The number of nitrogens with zero attached hydrogens (tertiary/aromatic N) is 2. The average molecular weight is 508 g/mol. The van der Waals surface area contributed by atoms with Crippen molar-refractivity contribution in [3.05, 3.63) is 94.7 Å². The lowest BCUT2D eigenvalue weighted by Gasteiger charge is -2.47. The molecule has 0 aliphatic carbocycles. The van der Waals surface area contributed by atoms with Gasteiger partial charge in [0.25, 0.3) is 0 Å². The van der Waals surface area contributed by atoms with E-state index in [1.165, 1.54) is 5.56 Å². The Morgan fingerprint density at radius 2 is 1.76 bits per heavy atom. The first kappa shape index (κ1) is 22.9. The fourth-order valence-electron chi connectivity index (χ4n) is 6.13. The fraction of sp³-hybridized carbons (Fsp3) is 0.290. The third-order valence-corrected chi connectivity index (χ3v) is 8.07. The summed E-state index contributed by atoms with van der Waals surface area (Å²) >= 11 is 0. The predicted octanol–water partition coefficient (Wildman–Crippen LogP) is 4.91. The van der Waals surface area contributed by atoms with Crippen LogP contribution in [-0.4, -0.2) is 46.0 Å². The van der Waals surface area contributed by atoms with E-state index >= 15 is 0 Å². The van der Waals surface area contributed by atoms with Crippen molar-refractivity contribution < 1.29 is 19.1 Å². The lowest BCUT2D eigenvalue weighted by molar-refractivity contribution is -0.159. The molecule has 3 aliphatic rings. The van der Waals surface area contributed by atoms with E-state index in [4.69, 9.17) is 9.47 Å². The number of ether oxygens (including phenoxy) is 2. The Balaban J connectivity index is 1.28. The van der Waals surface area contributed by atoms with Gasteiger partial charge in [0, 0.05) is 29.6 Å². The van der Waals surface area contributed by atoms with Gasteiger partial charge in [-0.15, -0.1) is 0 Å². The first-order valence-corrected chi connectivity index (χ1v) is 13.2. The molecule has 0 spiro atoms. The van der Waals surface area contributed by atoms with Gasteiger partial charge in [-0.3, -0.25) is 9.59 Å². The van der Waals surface area contributed by atoms with Crippen molar-refractivity contribution in [2.45, 2.75) is 44.8 Å². The van der Waals surface area contributed by atoms with Crippen molar-refractivity contribution in [3.63, 3.8) is 0 Å². The van der Waals surface area contributed by atoms with Crippen LogP contribution in [0.15, 0.2) is 66.7 Å². The SMILES string of the molecule is CC(C)c1ccc(C2c3[nH]c4ccccc4c3CC3C(=O)N(Cc4ccc5c(c4)OCO5)CC(=O)N32)cc1. The standard InChI is InChI=1S/C31H29N3O4/c1-18(2)20-8-10-21(11-9-20)30-29-23(22-5-3-4-6-24(22)32-29)14-25-31(36)33(16-28(35)34(25)30)15-19-7-12-26-27(13-19)38-17-37-26/h3-13,18,25,30,32H,14-17H2,1-2H3. The molecule has 7 rings (SSSR count). The molecule has 2 amide bonds. The molecule has 2 atom stereocenters. The van der Waals surface area contributed by atoms with Crippen LogP contribution >= 0.6 is 0 Å². The van der Waals surface area contributed by atoms with Gasteiger partial charge in [0.1, 0.15) is 12.6 Å². The summed E-state index contributed by atoms with van der Waals surface area (Å²) in [5.41, 5.74) is 6.31. The van der Waals surface area contributed by atoms with E-state index < -0.39 is 6.04 Å². The number of carbonyl (C=O) groups is 2. The van der Waals surface area contributed by atoms with Crippen molar-refractivity contribution in [2.24, 2.45) is 0 Å². The number of aromatic amines is 1. The quantitative estimate of drug-likeness (QED) is 0.426. The zero-order valence-electron chi connectivity index (χ0n) is 21.4. The normalized spacial score (nSPS) is 20.3. The van der Waals surface area contributed by atoms with E-state index in [9.17, 15) is 9.59 Å². The number of hydrogen-bond acceptors (Lipinski definition) is 4. The maximum atomic E-state index is 14.0. The molecular weight excluding hydrogens is 478 g/mol. The topological polar surface area (TPSA) is 74.9 Å². The number of fused-ring (bicyclic) bond motifs is 5. The first-order chi connectivity index (χ1) is 18.5. The minimum Gasteiger partial charge on any atom is -0.454 e. The average Bonchev–Trinajstić information content (AvgIpc) is 3.54. The molecule has 4 heterocycles. The van der Waals surface area contributed by atoms with Gasteiger partial charge in [-0.2, -0.15) is 0 Å². The number of nitrogens with one attached hydrogen (secondary N) is 1. The second-order valence-corrected chi connectivity index (χ2v) is 10.7. The van der Waals surface area contributed by atoms with Crippen LogP contribution in [0.25, 0.3) is 10.9 Å². The third kappa shape index (κ3) is 3.56. The van der Waals surface area contributed by atoms with E-state index in [0.717, 1.165) is 33.3 Å². The van der Waals surface area contributed by atoms with Crippen LogP contribution in [0.1, 0.15) is 53.8 Å². The molecule has 3 aliphatic heterocycles. The molecule has 192 valence electrons. The van der Waals surface area contributed by atoms with Crippen molar-refractivity contribution >= 4 is 22.7 Å². The molecule has 7 nitrogen and oxygen atoms in total. The second-order valence-electron chi connectivity index (χ2n) is 10.7. The largest absolute Gasteiger partial charge is 0.454 e. The number of benzene rings is 3. The summed E-state index contributed by atoms with van der Waals surface area (Å²) in [6.07, 6.45) is 0.488. The minimum absolute atomic E-state index is 0.0259. The molecule has 38 heavy (non-hydrogen) atoms. The zero-order valence-corrected chi connectivity index (χ0v) is 21.4. The number of hydrogen-bond donors (Lipinski definition) is 1. The van der Waals surface area contributed by atoms with Crippen LogP contribution in [0, 0.1) is 0 Å². The van der Waals surface area contributed by atoms with Gasteiger partial charge in [0.15, 0.2) is 11.5 Å². The molecule has 0 bridgehead atoms. The van der Waals surface area contributed by atoms with Gasteiger partial charge >= 0.3 is 0 Å². The number of piperazine rings is 1. The molecule has 4 aromatic rings. The Morgan fingerprint density at radius 1 is 0.974 bits per heavy atom. The maximum absolute atomic E-state index is 14.0. The van der Waals surface area contributed by atoms with Crippen LogP contribution in [0.4, 0.5) is 0 Å². The van der Waals surface area contributed by atoms with Crippen molar-refractivity contribution in [1.82, 2.24) is 14.8 Å². The summed E-state index contributed by atoms with van der Waals surface area (Å²) in [5, 5.41) is 1.11. The van der Waals surface area contributed by atoms with E-state index in [0.29, 0.717) is 30.4 Å². The molecule has 1 saturated heterocycles. The number of H-pyrrole nitrogens is 1. The molecule has 1 fully saturated rings. The molecule has 0 radical (unpaired) electrons. The molecule has 7 heteroatoms. The van der Waals surface area contributed by atoms with E-state index in [2.05, 4.69) is 55.2 Å². The van der Waals surface area contributed by atoms with E-state index in [1.807, 2.05) is 35.2 Å². The number of carbonyl (C=O) groups excluding carboxylic acids is 2. The van der Waals surface area contributed by atoms with Crippen molar-refractivity contribution in [2.75, 3.05) is 13.3 Å². The molecule has 1 N–H and O–H groups in total. The molecule has 1 aromatic heterocycles. The smallest absolute Gasteiger partial charge is 0.246 e.